The van der Waals surface area contributed by atoms with E-state index in [2.05, 4.69) is 53.8 Å². The van der Waals surface area contributed by atoms with E-state index >= 15 is 0 Å². The molecule has 0 radical (unpaired) electrons. The van der Waals surface area contributed by atoms with Crippen molar-refractivity contribution in [1.82, 2.24) is 10.2 Å². The van der Waals surface area contributed by atoms with Crippen molar-refractivity contribution >= 4 is 16.7 Å². The number of fused-ring (bicyclic) bond motifs is 1. The Morgan fingerprint density at radius 1 is 0.971 bits per heavy atom. The van der Waals surface area contributed by atoms with Gasteiger partial charge in [0, 0.05) is 26.2 Å². The number of amides is 1. The summed E-state index contributed by atoms with van der Waals surface area (Å²) < 4.78 is 0. The van der Waals surface area contributed by atoms with E-state index in [9.17, 15) is 4.79 Å². The first kappa shape index (κ1) is 24.4. The second-order valence-electron chi connectivity index (χ2n) is 9.76. The van der Waals surface area contributed by atoms with Crippen molar-refractivity contribution in [3.8, 4) is 0 Å². The number of aryl methyl sites for hydroxylation is 1. The smallest absolute Gasteiger partial charge is 0.226 e. The summed E-state index contributed by atoms with van der Waals surface area (Å²) in [4.78, 5) is 15.1. The van der Waals surface area contributed by atoms with E-state index in [0.717, 1.165) is 50.6 Å². The van der Waals surface area contributed by atoms with Crippen molar-refractivity contribution in [1.29, 1.82) is 0 Å². The molecule has 4 rings (SSSR count). The number of aliphatic hydroxyl groups is 1. The monoisotopic (exact) mass is 458 g/mol. The molecule has 0 heterocycles. The number of nitrogens with zero attached hydrogens (tertiary/aromatic N) is 1. The lowest BCUT2D eigenvalue weighted by atomic mass is 9.79. The van der Waals surface area contributed by atoms with Gasteiger partial charge in [-0.25, -0.2) is 0 Å². The van der Waals surface area contributed by atoms with Gasteiger partial charge in [0.05, 0.1) is 6.42 Å². The van der Waals surface area contributed by atoms with Crippen LogP contribution < -0.4 is 5.32 Å². The Morgan fingerprint density at radius 3 is 2.44 bits per heavy atom. The largest absolute Gasteiger partial charge is 0.396 e. The highest BCUT2D eigenvalue weighted by atomic mass is 16.2. The summed E-state index contributed by atoms with van der Waals surface area (Å²) in [5, 5.41) is 14.9. The quantitative estimate of drug-likeness (QED) is 0.463. The van der Waals surface area contributed by atoms with Crippen LogP contribution in [0.15, 0.2) is 60.7 Å². The molecule has 1 aliphatic rings. The van der Waals surface area contributed by atoms with Crippen molar-refractivity contribution in [2.75, 3.05) is 20.7 Å². The van der Waals surface area contributed by atoms with Crippen LogP contribution in [0.5, 0.6) is 0 Å². The molecule has 3 aromatic carbocycles. The molecule has 0 unspecified atom stereocenters. The van der Waals surface area contributed by atoms with E-state index in [1.807, 2.05) is 31.1 Å². The lowest BCUT2D eigenvalue weighted by Gasteiger charge is -2.35. The van der Waals surface area contributed by atoms with Crippen LogP contribution in [0.25, 0.3) is 10.8 Å². The van der Waals surface area contributed by atoms with E-state index in [0.29, 0.717) is 18.4 Å². The Hall–Kier alpha value is -2.69. The van der Waals surface area contributed by atoms with Crippen molar-refractivity contribution in [2.45, 2.75) is 63.5 Å². The SMILES string of the molecule is CNCc1cc(CCCO)ccc1[C@H]1CC[C@H](N(C)C(=O)Cc2ccc3ccccc3c2)CC1. The maximum absolute atomic E-state index is 13.1. The molecule has 0 aromatic heterocycles. The van der Waals surface area contributed by atoms with Crippen molar-refractivity contribution in [3.63, 3.8) is 0 Å². The van der Waals surface area contributed by atoms with E-state index in [1.54, 1.807) is 0 Å². The zero-order chi connectivity index (χ0) is 23.9. The normalized spacial score (nSPS) is 18.2. The summed E-state index contributed by atoms with van der Waals surface area (Å²) in [7, 11) is 3.98. The number of rotatable bonds is 9. The number of hydrogen-bond donors (Lipinski definition) is 2. The van der Waals surface area contributed by atoms with Gasteiger partial charge in [-0.3, -0.25) is 4.79 Å². The molecule has 1 saturated carbocycles. The van der Waals surface area contributed by atoms with E-state index in [-0.39, 0.29) is 12.5 Å². The predicted octanol–water partition coefficient (Wildman–Crippen LogP) is 5.21. The number of carbonyl (C=O) groups is 1. The maximum atomic E-state index is 13.1. The van der Waals surface area contributed by atoms with Gasteiger partial charge in [-0.1, -0.05) is 60.7 Å². The molecule has 3 aromatic rings. The Kier molecular flexibility index (Phi) is 8.36. The maximum Gasteiger partial charge on any atom is 0.226 e. The first-order valence-corrected chi connectivity index (χ1v) is 12.7. The number of hydrogen-bond acceptors (Lipinski definition) is 3. The van der Waals surface area contributed by atoms with Gasteiger partial charge < -0.3 is 15.3 Å². The zero-order valence-corrected chi connectivity index (χ0v) is 20.6. The minimum absolute atomic E-state index is 0.211. The molecule has 0 aliphatic heterocycles. The van der Waals surface area contributed by atoms with Gasteiger partial charge in [-0.2, -0.15) is 0 Å². The first-order valence-electron chi connectivity index (χ1n) is 12.7. The van der Waals surface area contributed by atoms with Crippen LogP contribution >= 0.6 is 0 Å². The van der Waals surface area contributed by atoms with Crippen LogP contribution in [0.1, 0.15) is 60.3 Å². The Morgan fingerprint density at radius 2 is 1.71 bits per heavy atom. The fourth-order valence-electron chi connectivity index (χ4n) is 5.47. The molecule has 1 fully saturated rings. The summed E-state index contributed by atoms with van der Waals surface area (Å²) >= 11 is 0. The Balaban J connectivity index is 1.36. The van der Waals surface area contributed by atoms with Gasteiger partial charge in [-0.15, -0.1) is 0 Å². The van der Waals surface area contributed by atoms with E-state index in [1.165, 1.54) is 27.5 Å². The fourth-order valence-corrected chi connectivity index (χ4v) is 5.47. The average molecular weight is 459 g/mol. The second kappa shape index (κ2) is 11.6. The molecular formula is C30H38N2O2. The first-order chi connectivity index (χ1) is 16.6. The standard InChI is InChI=1S/C30H38N2O2/c1-31-21-27-18-22(6-5-17-33)10-16-29(27)25-12-14-28(15-13-25)32(2)30(34)20-23-9-11-24-7-3-4-8-26(24)19-23/h3-4,7-11,16,18-19,25,28,31,33H,5-6,12-15,17,20-21H2,1-2H3/t25-,28-. The number of nitrogens with one attached hydrogen (secondary N) is 1. The third kappa shape index (κ3) is 5.86. The Labute approximate surface area is 204 Å². The second-order valence-corrected chi connectivity index (χ2v) is 9.76. The van der Waals surface area contributed by atoms with Gasteiger partial charge in [-0.05, 0) is 84.5 Å². The molecule has 0 atom stereocenters. The van der Waals surface area contributed by atoms with Gasteiger partial charge in [0.2, 0.25) is 5.91 Å². The van der Waals surface area contributed by atoms with Gasteiger partial charge in [0.15, 0.2) is 0 Å². The molecule has 0 spiro atoms. The van der Waals surface area contributed by atoms with E-state index in [4.69, 9.17) is 5.11 Å². The highest BCUT2D eigenvalue weighted by molar-refractivity contribution is 5.85. The van der Waals surface area contributed by atoms with Gasteiger partial charge in [0.1, 0.15) is 0 Å². The number of likely N-dealkylation sites (N-methyl/N-ethyl adjacent to an activating group) is 1. The molecule has 1 aliphatic carbocycles. The van der Waals surface area contributed by atoms with E-state index < -0.39 is 0 Å². The van der Waals surface area contributed by atoms with Gasteiger partial charge >= 0.3 is 0 Å². The fraction of sp³-hybridized carbons (Fsp3) is 0.433. The lowest BCUT2D eigenvalue weighted by molar-refractivity contribution is -0.131. The molecule has 34 heavy (non-hydrogen) atoms. The summed E-state index contributed by atoms with van der Waals surface area (Å²) in [5.74, 6) is 0.762. The topological polar surface area (TPSA) is 52.6 Å². The number of aliphatic hydroxyl groups excluding tert-OH is 1. The molecule has 1 amide bonds. The molecule has 180 valence electrons. The van der Waals surface area contributed by atoms with Crippen molar-refractivity contribution in [2.24, 2.45) is 0 Å². The minimum atomic E-state index is 0.211. The number of carbonyl (C=O) groups excluding carboxylic acids is 1. The molecular weight excluding hydrogens is 420 g/mol. The van der Waals surface area contributed by atoms with Crippen LogP contribution in [-0.4, -0.2) is 42.7 Å². The van der Waals surface area contributed by atoms with Crippen LogP contribution in [0.2, 0.25) is 0 Å². The highest BCUT2D eigenvalue weighted by Gasteiger charge is 2.28. The van der Waals surface area contributed by atoms with Gasteiger partial charge in [0.25, 0.3) is 0 Å². The third-order valence-corrected chi connectivity index (χ3v) is 7.45. The molecule has 2 N–H and O–H groups in total. The molecule has 0 saturated heterocycles. The van der Waals surface area contributed by atoms with Crippen LogP contribution in [0.3, 0.4) is 0 Å². The summed E-state index contributed by atoms with van der Waals surface area (Å²) in [6.45, 7) is 1.10. The van der Waals surface area contributed by atoms with Crippen LogP contribution in [0.4, 0.5) is 0 Å². The lowest BCUT2D eigenvalue weighted by Crippen LogP contribution is -2.40. The molecule has 0 bridgehead atoms. The average Bonchev–Trinajstić information content (AvgIpc) is 2.87. The summed E-state index contributed by atoms with van der Waals surface area (Å²) in [6, 6.07) is 21.8. The summed E-state index contributed by atoms with van der Waals surface area (Å²) in [6.07, 6.45) is 6.53. The predicted molar refractivity (Wildman–Crippen MR) is 140 cm³/mol. The third-order valence-electron chi connectivity index (χ3n) is 7.45. The Bertz CT molecular complexity index is 1100. The van der Waals surface area contributed by atoms with Crippen molar-refractivity contribution < 1.29 is 9.90 Å². The summed E-state index contributed by atoms with van der Waals surface area (Å²) in [5.41, 5.74) is 5.21. The minimum Gasteiger partial charge on any atom is -0.396 e. The zero-order valence-electron chi connectivity index (χ0n) is 20.6. The van der Waals surface area contributed by atoms with Crippen molar-refractivity contribution in [3.05, 3.63) is 82.9 Å². The molecule has 4 nitrogen and oxygen atoms in total. The van der Waals surface area contributed by atoms with Crippen LogP contribution in [0, 0.1) is 0 Å². The van der Waals surface area contributed by atoms with Crippen LogP contribution in [-0.2, 0) is 24.2 Å². The number of benzene rings is 3. The highest BCUT2D eigenvalue weighted by Crippen LogP contribution is 2.36. The molecule has 4 heteroatoms.